The number of aliphatic hydroxyl groups excluding tert-OH is 2. The summed E-state index contributed by atoms with van der Waals surface area (Å²) in [5.74, 6) is 0.666. The Labute approximate surface area is 135 Å². The first-order valence-corrected chi connectivity index (χ1v) is 7.60. The Morgan fingerprint density at radius 2 is 1.83 bits per heavy atom. The van der Waals surface area contributed by atoms with Crippen LogP contribution in [0.4, 0.5) is 0 Å². The molecule has 4 heteroatoms. The van der Waals surface area contributed by atoms with E-state index in [9.17, 15) is 5.11 Å². The molecule has 0 aliphatic heterocycles. The molecule has 1 atom stereocenters. The minimum Gasteiger partial charge on any atom is -0.486 e. The van der Waals surface area contributed by atoms with Crippen molar-refractivity contribution in [3.05, 3.63) is 71.9 Å². The SMILES string of the molecule is OCC(O)Cc1ccc2cccnc2c1OCc1ccccc1. The van der Waals surface area contributed by atoms with Crippen molar-refractivity contribution in [1.29, 1.82) is 0 Å². The van der Waals surface area contributed by atoms with Gasteiger partial charge in [0.05, 0.1) is 12.7 Å². The van der Waals surface area contributed by atoms with Crippen molar-refractivity contribution in [2.45, 2.75) is 19.1 Å². The molecule has 0 radical (unpaired) electrons. The summed E-state index contributed by atoms with van der Waals surface area (Å²) in [6, 6.07) is 17.6. The molecule has 1 aromatic heterocycles. The van der Waals surface area contributed by atoms with Crippen LogP contribution in [-0.2, 0) is 13.0 Å². The summed E-state index contributed by atoms with van der Waals surface area (Å²) in [6.07, 6.45) is 1.24. The Morgan fingerprint density at radius 1 is 1.00 bits per heavy atom. The normalized spacial score (nSPS) is 12.3. The summed E-state index contributed by atoms with van der Waals surface area (Å²) in [5, 5.41) is 19.9. The van der Waals surface area contributed by atoms with Crippen LogP contribution in [0.3, 0.4) is 0 Å². The third kappa shape index (κ3) is 3.67. The number of ether oxygens (including phenoxy) is 1. The van der Waals surface area contributed by atoms with Gasteiger partial charge in [-0.1, -0.05) is 48.5 Å². The molecule has 0 spiro atoms. The van der Waals surface area contributed by atoms with Crippen LogP contribution in [-0.4, -0.2) is 27.9 Å². The van der Waals surface area contributed by atoms with Crippen LogP contribution < -0.4 is 4.74 Å². The lowest BCUT2D eigenvalue weighted by Gasteiger charge is -2.15. The molecule has 2 N–H and O–H groups in total. The predicted molar refractivity (Wildman–Crippen MR) is 89.3 cm³/mol. The Balaban J connectivity index is 1.95. The number of hydrogen-bond donors (Lipinski definition) is 2. The largest absolute Gasteiger partial charge is 0.486 e. The molecule has 0 saturated heterocycles. The fourth-order valence-electron chi connectivity index (χ4n) is 2.53. The van der Waals surface area contributed by atoms with Crippen LogP contribution in [0.15, 0.2) is 60.8 Å². The molecule has 4 nitrogen and oxygen atoms in total. The molecular formula is C19H19NO3. The highest BCUT2D eigenvalue weighted by atomic mass is 16.5. The first kappa shape index (κ1) is 15.5. The molecule has 3 aromatic rings. The summed E-state index contributed by atoms with van der Waals surface area (Å²) < 4.78 is 6.03. The molecule has 1 unspecified atom stereocenters. The van der Waals surface area contributed by atoms with Crippen LogP contribution in [0.5, 0.6) is 5.75 Å². The average Bonchev–Trinajstić information content (AvgIpc) is 2.61. The number of aliphatic hydroxyl groups is 2. The lowest BCUT2D eigenvalue weighted by Crippen LogP contribution is -2.16. The second-order valence-electron chi connectivity index (χ2n) is 5.44. The van der Waals surface area contributed by atoms with Crippen molar-refractivity contribution in [3.63, 3.8) is 0 Å². The first-order valence-electron chi connectivity index (χ1n) is 7.60. The Morgan fingerprint density at radius 3 is 2.61 bits per heavy atom. The van der Waals surface area contributed by atoms with Crippen molar-refractivity contribution < 1.29 is 14.9 Å². The van der Waals surface area contributed by atoms with Gasteiger partial charge in [0.15, 0.2) is 0 Å². The average molecular weight is 309 g/mol. The standard InChI is InChI=1S/C19H19NO3/c21-12-17(22)11-16-9-8-15-7-4-10-20-18(15)19(16)23-13-14-5-2-1-3-6-14/h1-10,17,21-22H,11-13H2. The number of fused-ring (bicyclic) bond motifs is 1. The quantitative estimate of drug-likeness (QED) is 0.735. The molecule has 0 amide bonds. The van der Waals surface area contributed by atoms with Gasteiger partial charge in [0.25, 0.3) is 0 Å². The maximum Gasteiger partial charge on any atom is 0.149 e. The Kier molecular flexibility index (Phi) is 4.86. The van der Waals surface area contributed by atoms with Crippen LogP contribution in [0.1, 0.15) is 11.1 Å². The van der Waals surface area contributed by atoms with Gasteiger partial charge >= 0.3 is 0 Å². The molecule has 23 heavy (non-hydrogen) atoms. The predicted octanol–water partition coefficient (Wildman–Crippen LogP) is 2.71. The molecule has 118 valence electrons. The molecule has 0 fully saturated rings. The summed E-state index contributed by atoms with van der Waals surface area (Å²) in [5.41, 5.74) is 2.67. The number of benzene rings is 2. The summed E-state index contributed by atoms with van der Waals surface area (Å²) in [6.45, 7) is 0.150. The van der Waals surface area contributed by atoms with Crippen LogP contribution in [0.2, 0.25) is 0 Å². The Hall–Kier alpha value is -2.43. The second-order valence-corrected chi connectivity index (χ2v) is 5.44. The van der Waals surface area contributed by atoms with Gasteiger partial charge in [0, 0.05) is 18.0 Å². The first-order chi connectivity index (χ1) is 11.3. The summed E-state index contributed by atoms with van der Waals surface area (Å²) >= 11 is 0. The molecule has 0 bridgehead atoms. The molecule has 1 heterocycles. The zero-order valence-electron chi connectivity index (χ0n) is 12.7. The molecule has 3 rings (SSSR count). The lowest BCUT2D eigenvalue weighted by atomic mass is 10.0. The van der Waals surface area contributed by atoms with E-state index in [2.05, 4.69) is 4.98 Å². The van der Waals surface area contributed by atoms with Crippen molar-refractivity contribution in [2.75, 3.05) is 6.61 Å². The monoisotopic (exact) mass is 309 g/mol. The van der Waals surface area contributed by atoms with E-state index >= 15 is 0 Å². The summed E-state index contributed by atoms with van der Waals surface area (Å²) in [7, 11) is 0. The van der Waals surface area contributed by atoms with E-state index < -0.39 is 6.10 Å². The maximum atomic E-state index is 9.77. The molecule has 0 aliphatic carbocycles. The highest BCUT2D eigenvalue weighted by Gasteiger charge is 2.14. The number of pyridine rings is 1. The highest BCUT2D eigenvalue weighted by molar-refractivity contribution is 5.85. The van der Waals surface area contributed by atoms with Gasteiger partial charge in [-0.15, -0.1) is 0 Å². The maximum absolute atomic E-state index is 9.77. The minimum atomic E-state index is -0.810. The van der Waals surface area contributed by atoms with Gasteiger partial charge in [0.1, 0.15) is 17.9 Å². The van der Waals surface area contributed by atoms with Crippen molar-refractivity contribution in [3.8, 4) is 5.75 Å². The molecule has 0 saturated carbocycles. The van der Waals surface area contributed by atoms with Crippen molar-refractivity contribution in [1.82, 2.24) is 4.98 Å². The van der Waals surface area contributed by atoms with Crippen LogP contribution in [0, 0.1) is 0 Å². The van der Waals surface area contributed by atoms with E-state index in [1.54, 1.807) is 6.20 Å². The third-order valence-corrected chi connectivity index (χ3v) is 3.70. The number of nitrogens with zero attached hydrogens (tertiary/aromatic N) is 1. The molecule has 0 aliphatic rings. The number of aromatic nitrogens is 1. The lowest BCUT2D eigenvalue weighted by molar-refractivity contribution is 0.0948. The zero-order valence-corrected chi connectivity index (χ0v) is 12.7. The van der Waals surface area contributed by atoms with Crippen LogP contribution in [0.25, 0.3) is 10.9 Å². The summed E-state index contributed by atoms with van der Waals surface area (Å²) in [4.78, 5) is 4.42. The Bertz CT molecular complexity index is 774. The van der Waals surface area contributed by atoms with Crippen molar-refractivity contribution in [2.24, 2.45) is 0 Å². The third-order valence-electron chi connectivity index (χ3n) is 3.70. The van der Waals surface area contributed by atoms with Gasteiger partial charge in [-0.25, -0.2) is 0 Å². The number of rotatable bonds is 6. The molecule has 2 aromatic carbocycles. The van der Waals surface area contributed by atoms with E-state index in [0.717, 1.165) is 22.0 Å². The zero-order chi connectivity index (χ0) is 16.1. The van der Waals surface area contributed by atoms with Gasteiger partial charge in [-0.3, -0.25) is 4.98 Å². The van der Waals surface area contributed by atoms with Crippen LogP contribution >= 0.6 is 0 Å². The minimum absolute atomic E-state index is 0.279. The van der Waals surface area contributed by atoms with Crippen molar-refractivity contribution >= 4 is 10.9 Å². The van der Waals surface area contributed by atoms with E-state index in [1.807, 2.05) is 54.6 Å². The topological polar surface area (TPSA) is 62.6 Å². The van der Waals surface area contributed by atoms with Gasteiger partial charge < -0.3 is 14.9 Å². The van der Waals surface area contributed by atoms with E-state index in [-0.39, 0.29) is 6.61 Å². The fraction of sp³-hybridized carbons (Fsp3) is 0.211. The van der Waals surface area contributed by atoms with E-state index in [1.165, 1.54) is 0 Å². The second kappa shape index (κ2) is 7.22. The van der Waals surface area contributed by atoms with Gasteiger partial charge in [0.2, 0.25) is 0 Å². The van der Waals surface area contributed by atoms with Gasteiger partial charge in [-0.2, -0.15) is 0 Å². The van der Waals surface area contributed by atoms with E-state index in [4.69, 9.17) is 9.84 Å². The van der Waals surface area contributed by atoms with E-state index in [0.29, 0.717) is 18.8 Å². The smallest absolute Gasteiger partial charge is 0.149 e. The molecular weight excluding hydrogens is 290 g/mol. The van der Waals surface area contributed by atoms with Gasteiger partial charge in [-0.05, 0) is 17.2 Å². The highest BCUT2D eigenvalue weighted by Crippen LogP contribution is 2.30. The fourth-order valence-corrected chi connectivity index (χ4v) is 2.53. The number of hydrogen-bond acceptors (Lipinski definition) is 4.